The van der Waals surface area contributed by atoms with Gasteiger partial charge in [0.25, 0.3) is 0 Å². The second kappa shape index (κ2) is 55.2. The molecule has 0 aromatic carbocycles. The van der Waals surface area contributed by atoms with Crippen LogP contribution in [0.5, 0.6) is 0 Å². The summed E-state index contributed by atoms with van der Waals surface area (Å²) in [4.78, 5) is 23.3. The van der Waals surface area contributed by atoms with E-state index in [2.05, 4.69) is 55.6 Å². The lowest BCUT2D eigenvalue weighted by Crippen LogP contribution is -2.45. The molecule has 1 amide bonds. The average Bonchev–Trinajstić information content (AvgIpc) is 3.35. The first-order valence-electron chi connectivity index (χ1n) is 31.5. The number of amides is 1. The van der Waals surface area contributed by atoms with Crippen molar-refractivity contribution in [2.75, 3.05) is 40.9 Å². The number of rotatable bonds is 58. The minimum absolute atomic E-state index is 0.0535. The Morgan fingerprint density at radius 3 is 1.10 bits per heavy atom. The first-order valence-corrected chi connectivity index (χ1v) is 33.0. The Hall–Kier alpha value is -1.54. The molecule has 0 heterocycles. The Labute approximate surface area is 454 Å². The molecule has 0 aromatic rings. The van der Waals surface area contributed by atoms with Crippen LogP contribution in [0.3, 0.4) is 0 Å². The van der Waals surface area contributed by atoms with Crippen LogP contribution in [-0.2, 0) is 18.4 Å². The maximum atomic E-state index is 13.0. The highest BCUT2D eigenvalue weighted by molar-refractivity contribution is 7.47. The van der Waals surface area contributed by atoms with Crippen molar-refractivity contribution in [1.29, 1.82) is 0 Å². The molecule has 9 heteroatoms. The van der Waals surface area contributed by atoms with Crippen molar-refractivity contribution in [1.82, 2.24) is 5.32 Å². The van der Waals surface area contributed by atoms with Crippen LogP contribution < -0.4 is 5.32 Å². The molecule has 0 saturated heterocycles. The van der Waals surface area contributed by atoms with Crippen molar-refractivity contribution < 1.29 is 32.9 Å². The molecule has 3 N–H and O–H groups in total. The fourth-order valence-electron chi connectivity index (χ4n) is 9.31. The number of aliphatic hydroxyl groups is 1. The maximum Gasteiger partial charge on any atom is 0.472 e. The Balaban J connectivity index is 4.19. The maximum absolute atomic E-state index is 13.0. The summed E-state index contributed by atoms with van der Waals surface area (Å²) < 4.78 is 23.7. The summed E-state index contributed by atoms with van der Waals surface area (Å²) in [5.74, 6) is -0.188. The standard InChI is InChI=1S/C64H123N2O6P/c1-6-8-10-12-14-16-18-20-22-24-26-28-30-31-32-33-34-36-38-40-42-44-46-48-50-52-54-56-58-64(68)65-62(61-72-73(69,70)71-60-59-66(3,4)5)63(67)57-55-53-51-49-47-45-43-41-39-37-35-29-27-25-23-21-19-17-15-13-11-9-7-2/h31-32,39,41,47,49,55,57,62-63,67H,6-30,33-38,40,42-46,48,50-54,56,58-61H2,1-5H3,(H-,65,68,69,70)/p+1/b32-31-,41-39+,49-47+,57-55+. The number of phosphoric ester groups is 1. The number of aliphatic hydroxyl groups excluding tert-OH is 1. The first kappa shape index (κ1) is 71.5. The molecule has 0 aliphatic carbocycles. The molecule has 0 aliphatic rings. The molecule has 8 nitrogen and oxygen atoms in total. The van der Waals surface area contributed by atoms with Gasteiger partial charge in [0.05, 0.1) is 39.9 Å². The molecule has 0 spiro atoms. The lowest BCUT2D eigenvalue weighted by molar-refractivity contribution is -0.870. The van der Waals surface area contributed by atoms with Gasteiger partial charge in [0.1, 0.15) is 13.2 Å². The van der Waals surface area contributed by atoms with E-state index in [1.807, 2.05) is 27.2 Å². The lowest BCUT2D eigenvalue weighted by Gasteiger charge is -2.25. The summed E-state index contributed by atoms with van der Waals surface area (Å²) in [6, 6.07) is -0.871. The van der Waals surface area contributed by atoms with Crippen molar-refractivity contribution in [3.8, 4) is 0 Å². The van der Waals surface area contributed by atoms with E-state index in [0.29, 0.717) is 17.4 Å². The normalized spacial score (nSPS) is 14.1. The van der Waals surface area contributed by atoms with Crippen LogP contribution in [0.25, 0.3) is 0 Å². The molecule has 0 rings (SSSR count). The van der Waals surface area contributed by atoms with E-state index in [9.17, 15) is 19.4 Å². The molecule has 0 aromatic heterocycles. The zero-order chi connectivity index (χ0) is 53.5. The minimum atomic E-state index is -4.36. The number of quaternary nitrogens is 1. The first-order chi connectivity index (χ1) is 35.5. The van der Waals surface area contributed by atoms with Gasteiger partial charge in [-0.15, -0.1) is 0 Å². The predicted molar refractivity (Wildman–Crippen MR) is 318 cm³/mol. The number of hydrogen-bond donors (Lipinski definition) is 3. The number of unbranched alkanes of at least 4 members (excludes halogenated alkanes) is 39. The Bertz CT molecular complexity index is 1330. The topological polar surface area (TPSA) is 105 Å². The summed E-state index contributed by atoms with van der Waals surface area (Å²) in [5.41, 5.74) is 0. The Kier molecular flexibility index (Phi) is 54.1. The van der Waals surface area contributed by atoms with E-state index in [0.717, 1.165) is 44.9 Å². The molecular formula is C64H124N2O6P+. The van der Waals surface area contributed by atoms with Gasteiger partial charge in [0, 0.05) is 6.42 Å². The monoisotopic (exact) mass is 1050 g/mol. The van der Waals surface area contributed by atoms with Crippen molar-refractivity contribution in [3.63, 3.8) is 0 Å². The van der Waals surface area contributed by atoms with Gasteiger partial charge < -0.3 is 19.8 Å². The van der Waals surface area contributed by atoms with Crippen molar-refractivity contribution >= 4 is 13.7 Å². The van der Waals surface area contributed by atoms with E-state index in [-0.39, 0.29) is 19.1 Å². The number of carbonyl (C=O) groups is 1. The Morgan fingerprint density at radius 1 is 0.452 bits per heavy atom. The molecule has 0 radical (unpaired) electrons. The van der Waals surface area contributed by atoms with Crippen LogP contribution in [0.4, 0.5) is 0 Å². The van der Waals surface area contributed by atoms with Crippen molar-refractivity contribution in [3.05, 3.63) is 48.6 Å². The van der Waals surface area contributed by atoms with Crippen LogP contribution in [0.2, 0.25) is 0 Å². The fraction of sp³-hybridized carbons (Fsp3) is 0.859. The molecule has 0 saturated carbocycles. The summed E-state index contributed by atoms with van der Waals surface area (Å²) in [5, 5.41) is 13.9. The highest BCUT2D eigenvalue weighted by Crippen LogP contribution is 2.43. The molecule has 3 unspecified atom stereocenters. The number of phosphoric acid groups is 1. The van der Waals surface area contributed by atoms with Crippen molar-refractivity contribution in [2.45, 2.75) is 315 Å². The van der Waals surface area contributed by atoms with Gasteiger partial charge in [-0.25, -0.2) is 4.57 Å². The van der Waals surface area contributed by atoms with Gasteiger partial charge in [-0.05, 0) is 70.6 Å². The van der Waals surface area contributed by atoms with Gasteiger partial charge in [-0.3, -0.25) is 13.8 Å². The van der Waals surface area contributed by atoms with Gasteiger partial charge in [-0.1, -0.05) is 274 Å². The highest BCUT2D eigenvalue weighted by atomic mass is 31.2. The highest BCUT2D eigenvalue weighted by Gasteiger charge is 2.27. The fourth-order valence-corrected chi connectivity index (χ4v) is 10.0. The summed E-state index contributed by atoms with van der Waals surface area (Å²) in [6.45, 7) is 4.83. The van der Waals surface area contributed by atoms with E-state index in [1.165, 1.54) is 238 Å². The van der Waals surface area contributed by atoms with Crippen LogP contribution in [0.15, 0.2) is 48.6 Å². The summed E-state index contributed by atoms with van der Waals surface area (Å²) >= 11 is 0. The van der Waals surface area contributed by atoms with E-state index in [1.54, 1.807) is 6.08 Å². The molecule has 430 valence electrons. The van der Waals surface area contributed by atoms with Crippen molar-refractivity contribution in [2.24, 2.45) is 0 Å². The zero-order valence-corrected chi connectivity index (χ0v) is 50.0. The molecule has 3 atom stereocenters. The number of allylic oxidation sites excluding steroid dienone is 7. The molecule has 0 bridgehead atoms. The second-order valence-electron chi connectivity index (χ2n) is 22.8. The molecule has 73 heavy (non-hydrogen) atoms. The van der Waals surface area contributed by atoms with E-state index < -0.39 is 20.0 Å². The predicted octanol–water partition coefficient (Wildman–Crippen LogP) is 19.5. The molecule has 0 aliphatic heterocycles. The van der Waals surface area contributed by atoms with Gasteiger partial charge >= 0.3 is 7.82 Å². The largest absolute Gasteiger partial charge is 0.472 e. The summed E-state index contributed by atoms with van der Waals surface area (Å²) in [6.07, 6.45) is 73.8. The Morgan fingerprint density at radius 2 is 0.753 bits per heavy atom. The summed E-state index contributed by atoms with van der Waals surface area (Å²) in [7, 11) is 1.55. The zero-order valence-electron chi connectivity index (χ0n) is 49.1. The van der Waals surface area contributed by atoms with Gasteiger partial charge in [0.15, 0.2) is 0 Å². The van der Waals surface area contributed by atoms with Crippen LogP contribution >= 0.6 is 7.82 Å². The lowest BCUT2D eigenvalue weighted by atomic mass is 10.0. The third-order valence-corrected chi connectivity index (χ3v) is 15.2. The van der Waals surface area contributed by atoms with Gasteiger partial charge in [-0.2, -0.15) is 0 Å². The molecular weight excluding hydrogens is 924 g/mol. The third kappa shape index (κ3) is 58.0. The molecule has 0 fully saturated rings. The number of hydrogen-bond acceptors (Lipinski definition) is 5. The van der Waals surface area contributed by atoms with Crippen LogP contribution in [-0.4, -0.2) is 73.4 Å². The second-order valence-corrected chi connectivity index (χ2v) is 24.2. The van der Waals surface area contributed by atoms with Crippen LogP contribution in [0, 0.1) is 0 Å². The minimum Gasteiger partial charge on any atom is -0.387 e. The van der Waals surface area contributed by atoms with E-state index in [4.69, 9.17) is 9.05 Å². The van der Waals surface area contributed by atoms with Gasteiger partial charge in [0.2, 0.25) is 5.91 Å². The third-order valence-electron chi connectivity index (χ3n) is 14.2. The average molecular weight is 1050 g/mol. The van der Waals surface area contributed by atoms with E-state index >= 15 is 0 Å². The number of nitrogens with zero attached hydrogens (tertiary/aromatic N) is 1. The van der Waals surface area contributed by atoms with Crippen LogP contribution in [0.1, 0.15) is 303 Å². The number of nitrogens with one attached hydrogen (secondary N) is 1. The number of carbonyl (C=O) groups excluding carboxylic acids is 1. The smallest absolute Gasteiger partial charge is 0.387 e. The SMILES string of the molecule is CCCCCCCCCCCCCC/C=C\CCCCCCCCCCCCCCC(=O)NC(COP(=O)(O)OCC[N+](C)(C)C)C(O)/C=C/CC/C=C/CC/C=C/CCCCCCCCCCCCCCC. The quantitative estimate of drug-likeness (QED) is 0.0243. The number of likely N-dealkylation sites (N-methyl/N-ethyl adjacent to an activating group) is 1.